The average Bonchev–Trinajstić information content (AvgIpc) is 2.97. The maximum atomic E-state index is 12.2. The van der Waals surface area contributed by atoms with Crippen molar-refractivity contribution in [3.63, 3.8) is 0 Å². The number of carbonyl (C=O) groups is 1. The summed E-state index contributed by atoms with van der Waals surface area (Å²) in [5, 5.41) is 14.3. The normalized spacial score (nSPS) is 11.0. The fraction of sp³-hybridized carbons (Fsp3) is 0.143. The minimum absolute atomic E-state index is 0.0822. The highest BCUT2D eigenvalue weighted by Gasteiger charge is 2.13. The number of ether oxygens (including phenoxy) is 1. The summed E-state index contributed by atoms with van der Waals surface area (Å²) in [5.41, 5.74) is 1.41. The van der Waals surface area contributed by atoms with Crippen LogP contribution in [0.15, 0.2) is 36.5 Å². The number of carbonyl (C=O) groups excluding carboxylic acids is 1. The molecule has 0 saturated carbocycles. The molecule has 10 heteroatoms. The summed E-state index contributed by atoms with van der Waals surface area (Å²) in [5.74, 6) is -0.635. The van der Waals surface area contributed by atoms with E-state index in [9.17, 15) is 13.6 Å². The largest absolute Gasteiger partial charge is 0.433 e. The van der Waals surface area contributed by atoms with Gasteiger partial charge in [0.25, 0.3) is 5.91 Å². The highest BCUT2D eigenvalue weighted by molar-refractivity contribution is 6.32. The topological polar surface area (TPSA) is 81.4 Å². The lowest BCUT2D eigenvalue weighted by molar-refractivity contribution is -0.0497. The SMILES string of the molecule is O=C(NCc1nnn2ncccc12)c1ccc(OC(F)F)c(Cl)c1. The van der Waals surface area contributed by atoms with E-state index < -0.39 is 12.5 Å². The third-order valence-corrected chi connectivity index (χ3v) is 3.40. The fourth-order valence-corrected chi connectivity index (χ4v) is 2.25. The van der Waals surface area contributed by atoms with E-state index >= 15 is 0 Å². The first-order valence-corrected chi connectivity index (χ1v) is 7.10. The van der Waals surface area contributed by atoms with Crippen LogP contribution in [0.3, 0.4) is 0 Å². The number of fused-ring (bicyclic) bond motifs is 1. The Labute approximate surface area is 139 Å². The Morgan fingerprint density at radius 1 is 1.38 bits per heavy atom. The van der Waals surface area contributed by atoms with Crippen molar-refractivity contribution in [1.29, 1.82) is 0 Å². The van der Waals surface area contributed by atoms with Crippen LogP contribution < -0.4 is 10.1 Å². The number of hydrogen-bond donors (Lipinski definition) is 1. The summed E-state index contributed by atoms with van der Waals surface area (Å²) < 4.78 is 29.9. The van der Waals surface area contributed by atoms with Crippen molar-refractivity contribution in [3.8, 4) is 5.75 Å². The van der Waals surface area contributed by atoms with Gasteiger partial charge >= 0.3 is 6.61 Å². The molecule has 0 spiro atoms. The zero-order valence-corrected chi connectivity index (χ0v) is 12.7. The van der Waals surface area contributed by atoms with E-state index in [1.54, 1.807) is 18.3 Å². The number of alkyl halides is 2. The van der Waals surface area contributed by atoms with Crippen LogP contribution in [0.2, 0.25) is 5.02 Å². The van der Waals surface area contributed by atoms with Crippen molar-refractivity contribution in [2.45, 2.75) is 13.2 Å². The quantitative estimate of drug-likeness (QED) is 0.761. The standard InChI is InChI=1S/C14H10ClF2N5O2/c15-9-6-8(3-4-12(9)24-14(16)17)13(23)18-7-10-11-2-1-5-19-22(11)21-20-10/h1-6,14H,7H2,(H,18,23). The molecule has 0 bridgehead atoms. The second kappa shape index (κ2) is 6.75. The summed E-state index contributed by atoms with van der Waals surface area (Å²) in [6, 6.07) is 7.29. The Morgan fingerprint density at radius 2 is 2.21 bits per heavy atom. The number of halogens is 3. The molecule has 0 saturated heterocycles. The van der Waals surface area contributed by atoms with Gasteiger partial charge in [-0.25, -0.2) is 0 Å². The Balaban J connectivity index is 1.70. The summed E-state index contributed by atoms with van der Waals surface area (Å²) in [6.45, 7) is -2.86. The van der Waals surface area contributed by atoms with Crippen molar-refractivity contribution in [1.82, 2.24) is 25.4 Å². The lowest BCUT2D eigenvalue weighted by atomic mass is 10.2. The Kier molecular flexibility index (Phi) is 4.52. The van der Waals surface area contributed by atoms with Crippen LogP contribution >= 0.6 is 11.6 Å². The lowest BCUT2D eigenvalue weighted by Gasteiger charge is -2.08. The van der Waals surface area contributed by atoms with Crippen LogP contribution in [-0.2, 0) is 6.54 Å². The summed E-state index contributed by atoms with van der Waals surface area (Å²) in [7, 11) is 0. The van der Waals surface area contributed by atoms with Crippen molar-refractivity contribution in [2.24, 2.45) is 0 Å². The molecule has 0 unspecified atom stereocenters. The number of hydrogen-bond acceptors (Lipinski definition) is 5. The Morgan fingerprint density at radius 3 is 2.96 bits per heavy atom. The van der Waals surface area contributed by atoms with E-state index in [2.05, 4.69) is 25.5 Å². The minimum Gasteiger partial charge on any atom is -0.433 e. The molecule has 2 aromatic heterocycles. The molecule has 7 nitrogen and oxygen atoms in total. The molecule has 3 rings (SSSR count). The molecule has 1 amide bonds. The van der Waals surface area contributed by atoms with Gasteiger partial charge in [0, 0.05) is 11.8 Å². The fourth-order valence-electron chi connectivity index (χ4n) is 2.02. The van der Waals surface area contributed by atoms with Crippen molar-refractivity contribution >= 4 is 23.0 Å². The first kappa shape index (κ1) is 16.1. The number of amides is 1. The number of nitrogens with zero attached hydrogens (tertiary/aromatic N) is 4. The van der Waals surface area contributed by atoms with Crippen molar-refractivity contribution in [3.05, 3.63) is 52.8 Å². The molecule has 0 aliphatic heterocycles. The zero-order valence-electron chi connectivity index (χ0n) is 12.0. The van der Waals surface area contributed by atoms with Gasteiger partial charge in [-0.15, -0.1) is 9.73 Å². The highest BCUT2D eigenvalue weighted by atomic mass is 35.5. The van der Waals surface area contributed by atoms with E-state index in [4.69, 9.17) is 11.6 Å². The third kappa shape index (κ3) is 3.40. The molecule has 124 valence electrons. The molecule has 24 heavy (non-hydrogen) atoms. The molecular weight excluding hydrogens is 344 g/mol. The van der Waals surface area contributed by atoms with Gasteiger partial charge in [0.1, 0.15) is 17.0 Å². The number of benzene rings is 1. The second-order valence-corrected chi connectivity index (χ2v) is 5.05. The number of rotatable bonds is 5. The smallest absolute Gasteiger partial charge is 0.387 e. The molecule has 0 aliphatic rings. The van der Waals surface area contributed by atoms with E-state index in [-0.39, 0.29) is 22.9 Å². The summed E-state index contributed by atoms with van der Waals surface area (Å²) in [4.78, 5) is 12.1. The summed E-state index contributed by atoms with van der Waals surface area (Å²) in [6.07, 6.45) is 1.56. The number of nitrogens with one attached hydrogen (secondary N) is 1. The third-order valence-electron chi connectivity index (χ3n) is 3.10. The van der Waals surface area contributed by atoms with E-state index in [1.807, 2.05) is 0 Å². The highest BCUT2D eigenvalue weighted by Crippen LogP contribution is 2.26. The Bertz CT molecular complexity index is 886. The molecule has 3 aromatic rings. The maximum absolute atomic E-state index is 12.2. The molecule has 0 radical (unpaired) electrons. The van der Waals surface area contributed by atoms with Crippen molar-refractivity contribution < 1.29 is 18.3 Å². The van der Waals surface area contributed by atoms with Gasteiger partial charge in [-0.3, -0.25) is 4.79 Å². The summed E-state index contributed by atoms with van der Waals surface area (Å²) >= 11 is 5.82. The molecule has 2 heterocycles. The van der Waals surface area contributed by atoms with E-state index in [1.165, 1.54) is 22.8 Å². The molecule has 0 fully saturated rings. The van der Waals surface area contributed by atoms with Crippen LogP contribution in [0, 0.1) is 0 Å². The predicted octanol–water partition coefficient (Wildman–Crippen LogP) is 2.31. The average molecular weight is 354 g/mol. The molecular formula is C14H10ClF2N5O2. The molecule has 0 atom stereocenters. The van der Waals surface area contributed by atoms with Gasteiger partial charge < -0.3 is 10.1 Å². The second-order valence-electron chi connectivity index (χ2n) is 4.64. The Hall–Kier alpha value is -2.81. The van der Waals surface area contributed by atoms with Gasteiger partial charge in [-0.05, 0) is 35.5 Å². The monoisotopic (exact) mass is 353 g/mol. The van der Waals surface area contributed by atoms with Crippen LogP contribution in [0.4, 0.5) is 8.78 Å². The van der Waals surface area contributed by atoms with Gasteiger partial charge in [-0.1, -0.05) is 11.6 Å². The minimum atomic E-state index is -2.99. The van der Waals surface area contributed by atoms with Crippen LogP contribution in [0.25, 0.3) is 5.52 Å². The first-order chi connectivity index (χ1) is 11.5. The van der Waals surface area contributed by atoms with Gasteiger partial charge in [0.05, 0.1) is 11.6 Å². The van der Waals surface area contributed by atoms with Crippen molar-refractivity contribution in [2.75, 3.05) is 0 Å². The first-order valence-electron chi connectivity index (χ1n) is 6.73. The molecule has 1 aromatic carbocycles. The molecule has 1 N–H and O–H groups in total. The zero-order chi connectivity index (χ0) is 17.1. The van der Waals surface area contributed by atoms with Crippen LogP contribution in [0.1, 0.15) is 16.1 Å². The predicted molar refractivity (Wildman–Crippen MR) is 80.0 cm³/mol. The lowest BCUT2D eigenvalue weighted by Crippen LogP contribution is -2.23. The van der Waals surface area contributed by atoms with E-state index in [0.29, 0.717) is 11.2 Å². The maximum Gasteiger partial charge on any atom is 0.387 e. The molecule has 0 aliphatic carbocycles. The van der Waals surface area contributed by atoms with Crippen LogP contribution in [0.5, 0.6) is 5.75 Å². The van der Waals surface area contributed by atoms with Gasteiger partial charge in [0.2, 0.25) is 0 Å². The van der Waals surface area contributed by atoms with Crippen LogP contribution in [-0.4, -0.2) is 32.6 Å². The van der Waals surface area contributed by atoms with Gasteiger partial charge in [-0.2, -0.15) is 13.9 Å². The van der Waals surface area contributed by atoms with E-state index in [0.717, 1.165) is 0 Å². The van der Waals surface area contributed by atoms with Gasteiger partial charge in [0.15, 0.2) is 0 Å². The number of aromatic nitrogens is 4.